The second kappa shape index (κ2) is 5.63. The molecular formula is C13H15ClN2S. The van der Waals surface area contributed by atoms with Crippen molar-refractivity contribution in [3.63, 3.8) is 0 Å². The van der Waals surface area contributed by atoms with Gasteiger partial charge >= 0.3 is 0 Å². The summed E-state index contributed by atoms with van der Waals surface area (Å²) >= 11 is 7.83. The lowest BCUT2D eigenvalue weighted by molar-refractivity contribution is 0.687. The Bertz CT molecular complexity index is 496. The van der Waals surface area contributed by atoms with Crippen LogP contribution in [0.2, 0.25) is 5.02 Å². The van der Waals surface area contributed by atoms with Gasteiger partial charge in [-0.15, -0.1) is 11.3 Å². The molecule has 90 valence electrons. The average molecular weight is 267 g/mol. The number of hydrogen-bond donors (Lipinski definition) is 1. The molecule has 1 aromatic carbocycles. The minimum absolute atomic E-state index is 0.258. The van der Waals surface area contributed by atoms with Gasteiger partial charge in [-0.05, 0) is 25.0 Å². The van der Waals surface area contributed by atoms with Gasteiger partial charge in [0.05, 0.1) is 5.01 Å². The summed E-state index contributed by atoms with van der Waals surface area (Å²) in [6.45, 7) is 2.60. The highest BCUT2D eigenvalue weighted by Gasteiger charge is 2.15. The van der Waals surface area contributed by atoms with Gasteiger partial charge in [0.25, 0.3) is 0 Å². The fourth-order valence-electron chi connectivity index (χ4n) is 1.76. The van der Waals surface area contributed by atoms with Crippen LogP contribution in [-0.4, -0.2) is 11.5 Å². The van der Waals surface area contributed by atoms with Crippen molar-refractivity contribution < 1.29 is 0 Å². The highest BCUT2D eigenvalue weighted by molar-refractivity contribution is 7.09. The summed E-state index contributed by atoms with van der Waals surface area (Å²) in [5.74, 6) is 0.258. The average Bonchev–Trinajstić information content (AvgIpc) is 2.75. The van der Waals surface area contributed by atoms with Crippen molar-refractivity contribution in [2.24, 2.45) is 5.73 Å². The molecule has 1 atom stereocenters. The maximum Gasteiger partial charge on any atom is 0.0975 e. The first-order valence-corrected chi connectivity index (χ1v) is 6.82. The molecule has 2 N–H and O–H groups in total. The highest BCUT2D eigenvalue weighted by atomic mass is 35.5. The Hall–Kier alpha value is -0.900. The quantitative estimate of drug-likeness (QED) is 0.921. The summed E-state index contributed by atoms with van der Waals surface area (Å²) in [4.78, 5) is 4.50. The molecule has 0 spiro atoms. The van der Waals surface area contributed by atoms with Gasteiger partial charge in [0.15, 0.2) is 0 Å². The van der Waals surface area contributed by atoms with Gasteiger partial charge in [-0.1, -0.05) is 29.8 Å². The Morgan fingerprint density at radius 1 is 1.41 bits per heavy atom. The van der Waals surface area contributed by atoms with Gasteiger partial charge in [0.1, 0.15) is 0 Å². The fraction of sp³-hybridized carbons (Fsp3) is 0.308. The summed E-state index contributed by atoms with van der Waals surface area (Å²) in [6, 6.07) is 7.90. The lowest BCUT2D eigenvalue weighted by Crippen LogP contribution is -2.15. The molecule has 4 heteroatoms. The summed E-state index contributed by atoms with van der Waals surface area (Å²) in [5.41, 5.74) is 8.03. The number of rotatable bonds is 4. The van der Waals surface area contributed by atoms with Crippen LogP contribution in [0.25, 0.3) is 0 Å². The normalized spacial score (nSPS) is 12.6. The topological polar surface area (TPSA) is 38.9 Å². The number of hydrogen-bond acceptors (Lipinski definition) is 3. The second-order valence-electron chi connectivity index (χ2n) is 4.06. The third-order valence-electron chi connectivity index (χ3n) is 2.69. The summed E-state index contributed by atoms with van der Waals surface area (Å²) in [6.07, 6.45) is 0.850. The maximum atomic E-state index is 6.16. The smallest absolute Gasteiger partial charge is 0.0975 e. The minimum Gasteiger partial charge on any atom is -0.330 e. The molecule has 0 aliphatic heterocycles. The second-order valence-corrected chi connectivity index (χ2v) is 5.35. The molecule has 1 heterocycles. The predicted molar refractivity (Wildman–Crippen MR) is 73.8 cm³/mol. The standard InChI is InChI=1S/C13H15ClN2S/c1-9-8-17-13(16-9)11(7-15)6-10-4-2-3-5-12(10)14/h2-5,8,11H,6-7,15H2,1H3. The number of benzene rings is 1. The van der Waals surface area contributed by atoms with E-state index in [0.717, 1.165) is 27.7 Å². The molecule has 1 aromatic heterocycles. The van der Waals surface area contributed by atoms with Crippen LogP contribution < -0.4 is 5.73 Å². The van der Waals surface area contributed by atoms with Crippen LogP contribution in [0.4, 0.5) is 0 Å². The lowest BCUT2D eigenvalue weighted by atomic mass is 10.00. The molecular weight excluding hydrogens is 252 g/mol. The molecule has 0 aliphatic rings. The monoisotopic (exact) mass is 266 g/mol. The predicted octanol–water partition coefficient (Wildman–Crippen LogP) is 3.39. The highest BCUT2D eigenvalue weighted by Crippen LogP contribution is 2.26. The molecule has 0 bridgehead atoms. The van der Waals surface area contributed by atoms with Crippen molar-refractivity contribution in [2.45, 2.75) is 19.3 Å². The summed E-state index contributed by atoms with van der Waals surface area (Å²) in [5, 5.41) is 3.97. The fourth-order valence-corrected chi connectivity index (χ4v) is 2.89. The van der Waals surface area contributed by atoms with Crippen molar-refractivity contribution in [1.29, 1.82) is 0 Å². The van der Waals surface area contributed by atoms with Crippen molar-refractivity contribution >= 4 is 22.9 Å². The first kappa shape index (κ1) is 12.6. The van der Waals surface area contributed by atoms with Crippen LogP contribution in [0.1, 0.15) is 22.2 Å². The van der Waals surface area contributed by atoms with Crippen molar-refractivity contribution in [3.8, 4) is 0 Å². The number of nitrogens with two attached hydrogens (primary N) is 1. The van der Waals surface area contributed by atoms with Gasteiger partial charge in [0, 0.05) is 28.6 Å². The molecule has 0 radical (unpaired) electrons. The molecule has 17 heavy (non-hydrogen) atoms. The van der Waals surface area contributed by atoms with E-state index < -0.39 is 0 Å². The van der Waals surface area contributed by atoms with Crippen LogP contribution >= 0.6 is 22.9 Å². The van der Waals surface area contributed by atoms with Gasteiger partial charge in [0.2, 0.25) is 0 Å². The largest absolute Gasteiger partial charge is 0.330 e. The van der Waals surface area contributed by atoms with E-state index in [1.807, 2.05) is 31.2 Å². The van der Waals surface area contributed by atoms with E-state index in [1.54, 1.807) is 11.3 Å². The zero-order valence-electron chi connectivity index (χ0n) is 9.69. The van der Waals surface area contributed by atoms with E-state index in [1.165, 1.54) is 0 Å². The van der Waals surface area contributed by atoms with E-state index in [0.29, 0.717) is 6.54 Å². The Kier molecular flexibility index (Phi) is 4.15. The van der Waals surface area contributed by atoms with Crippen molar-refractivity contribution in [3.05, 3.63) is 50.9 Å². The number of thiazole rings is 1. The van der Waals surface area contributed by atoms with E-state index in [9.17, 15) is 0 Å². The minimum atomic E-state index is 0.258. The SMILES string of the molecule is Cc1csc(C(CN)Cc2ccccc2Cl)n1. The Morgan fingerprint density at radius 2 is 2.18 bits per heavy atom. The molecule has 1 unspecified atom stereocenters. The third kappa shape index (κ3) is 3.06. The summed E-state index contributed by atoms with van der Waals surface area (Å²) in [7, 11) is 0. The molecule has 2 rings (SSSR count). The molecule has 0 amide bonds. The maximum absolute atomic E-state index is 6.16. The van der Waals surface area contributed by atoms with E-state index in [4.69, 9.17) is 17.3 Å². The molecule has 0 saturated heterocycles. The van der Waals surface area contributed by atoms with E-state index in [-0.39, 0.29) is 5.92 Å². The Balaban J connectivity index is 2.18. The summed E-state index contributed by atoms with van der Waals surface area (Å²) < 4.78 is 0. The first-order chi connectivity index (χ1) is 8.20. The van der Waals surface area contributed by atoms with Crippen LogP contribution in [0.5, 0.6) is 0 Å². The Morgan fingerprint density at radius 3 is 2.76 bits per heavy atom. The van der Waals surface area contributed by atoms with Crippen LogP contribution in [0.15, 0.2) is 29.6 Å². The zero-order chi connectivity index (χ0) is 12.3. The van der Waals surface area contributed by atoms with Crippen molar-refractivity contribution in [2.75, 3.05) is 6.54 Å². The van der Waals surface area contributed by atoms with Gasteiger partial charge < -0.3 is 5.73 Å². The van der Waals surface area contributed by atoms with Crippen LogP contribution in [0, 0.1) is 6.92 Å². The third-order valence-corrected chi connectivity index (χ3v) is 4.19. The van der Waals surface area contributed by atoms with E-state index in [2.05, 4.69) is 10.4 Å². The number of nitrogens with zero attached hydrogens (tertiary/aromatic N) is 1. The van der Waals surface area contributed by atoms with Crippen LogP contribution in [0.3, 0.4) is 0 Å². The molecule has 2 nitrogen and oxygen atoms in total. The number of aromatic nitrogens is 1. The number of aryl methyl sites for hydroxylation is 1. The van der Waals surface area contributed by atoms with Crippen LogP contribution in [-0.2, 0) is 6.42 Å². The molecule has 0 saturated carbocycles. The molecule has 0 aliphatic carbocycles. The number of halogens is 1. The Labute approximate surface area is 110 Å². The van der Waals surface area contributed by atoms with Gasteiger partial charge in [-0.3, -0.25) is 0 Å². The first-order valence-electron chi connectivity index (χ1n) is 5.56. The van der Waals surface area contributed by atoms with Crippen molar-refractivity contribution in [1.82, 2.24) is 4.98 Å². The van der Waals surface area contributed by atoms with Gasteiger partial charge in [-0.2, -0.15) is 0 Å². The van der Waals surface area contributed by atoms with E-state index >= 15 is 0 Å². The zero-order valence-corrected chi connectivity index (χ0v) is 11.3. The van der Waals surface area contributed by atoms with Gasteiger partial charge in [-0.25, -0.2) is 4.98 Å². The molecule has 2 aromatic rings. The lowest BCUT2D eigenvalue weighted by Gasteiger charge is -2.12. The molecule has 0 fully saturated rings.